The largest absolute Gasteiger partial charge is 0.316 e. The summed E-state index contributed by atoms with van der Waals surface area (Å²) in [4.78, 5) is 0. The summed E-state index contributed by atoms with van der Waals surface area (Å²) >= 11 is 5.87. The Labute approximate surface area is 94.3 Å². The van der Waals surface area contributed by atoms with Crippen LogP contribution in [-0.4, -0.2) is 31.7 Å². The Bertz CT molecular complexity index is 460. The van der Waals surface area contributed by atoms with Crippen LogP contribution in [0.15, 0.2) is 12.1 Å². The van der Waals surface area contributed by atoms with E-state index in [0.29, 0.717) is 0 Å². The van der Waals surface area contributed by atoms with Gasteiger partial charge in [-0.2, -0.15) is 0 Å². The summed E-state index contributed by atoms with van der Waals surface area (Å²) in [6.45, 7) is 1.74. The summed E-state index contributed by atoms with van der Waals surface area (Å²) in [6, 6.07) is 3.43. The molecule has 1 aromatic rings. The fraction of sp³-hybridized carbons (Fsp3) is 0.556. The highest BCUT2D eigenvalue weighted by Gasteiger charge is 2.24. The van der Waals surface area contributed by atoms with Crippen molar-refractivity contribution >= 4 is 21.6 Å². The quantitative estimate of drug-likeness (QED) is 0.851. The maximum Gasteiger partial charge on any atom is 0.237 e. The second-order valence-corrected chi connectivity index (χ2v) is 6.02. The average Bonchev–Trinajstić information content (AvgIpc) is 2.68. The monoisotopic (exact) mass is 248 g/mol. The number of hydrogen-bond acceptors (Lipinski definition) is 3. The number of aromatic nitrogens is 1. The highest BCUT2D eigenvalue weighted by molar-refractivity contribution is 7.89. The van der Waals surface area contributed by atoms with Crippen LogP contribution < -0.4 is 5.32 Å². The van der Waals surface area contributed by atoms with E-state index in [1.807, 2.05) is 0 Å². The maximum atomic E-state index is 11.6. The van der Waals surface area contributed by atoms with Crippen LogP contribution in [0.25, 0.3) is 0 Å². The third-order valence-corrected chi connectivity index (χ3v) is 4.10. The van der Waals surface area contributed by atoms with Crippen LogP contribution >= 0.6 is 11.6 Å². The van der Waals surface area contributed by atoms with Gasteiger partial charge in [-0.1, -0.05) is 11.6 Å². The second kappa shape index (κ2) is 3.81. The van der Waals surface area contributed by atoms with Gasteiger partial charge in [-0.15, -0.1) is 0 Å². The van der Waals surface area contributed by atoms with Gasteiger partial charge in [-0.25, -0.2) is 12.4 Å². The van der Waals surface area contributed by atoms with Crippen molar-refractivity contribution in [3.8, 4) is 0 Å². The van der Waals surface area contributed by atoms with Gasteiger partial charge in [0.15, 0.2) is 0 Å². The minimum Gasteiger partial charge on any atom is -0.316 e. The summed E-state index contributed by atoms with van der Waals surface area (Å²) < 4.78 is 24.3. The highest BCUT2D eigenvalue weighted by atomic mass is 35.5. The van der Waals surface area contributed by atoms with Crippen LogP contribution in [0.1, 0.15) is 18.0 Å². The van der Waals surface area contributed by atoms with Gasteiger partial charge < -0.3 is 5.32 Å². The third kappa shape index (κ3) is 2.04. The molecule has 15 heavy (non-hydrogen) atoms. The van der Waals surface area contributed by atoms with Crippen LogP contribution in [0.3, 0.4) is 0 Å². The molecule has 0 aromatic carbocycles. The van der Waals surface area contributed by atoms with Gasteiger partial charge in [0.1, 0.15) is 5.15 Å². The van der Waals surface area contributed by atoms with Gasteiger partial charge in [0, 0.05) is 18.2 Å². The molecule has 0 spiro atoms. The molecule has 1 saturated heterocycles. The van der Waals surface area contributed by atoms with Crippen molar-refractivity contribution in [3.63, 3.8) is 0 Å². The van der Waals surface area contributed by atoms with Crippen LogP contribution in [0.2, 0.25) is 5.15 Å². The van der Waals surface area contributed by atoms with Crippen molar-refractivity contribution in [2.45, 2.75) is 12.3 Å². The summed E-state index contributed by atoms with van der Waals surface area (Å²) in [5.41, 5.74) is 0.785. The van der Waals surface area contributed by atoms with Crippen molar-refractivity contribution in [1.82, 2.24) is 9.29 Å². The molecule has 84 valence electrons. The Hall–Kier alpha value is -0.520. The van der Waals surface area contributed by atoms with Crippen molar-refractivity contribution in [2.75, 3.05) is 19.3 Å². The number of nitrogens with one attached hydrogen (secondary N) is 1. The molecular formula is C9H13ClN2O2S. The summed E-state index contributed by atoms with van der Waals surface area (Å²) in [7, 11) is -3.30. The zero-order chi connectivity index (χ0) is 11.1. The van der Waals surface area contributed by atoms with Gasteiger partial charge in [-0.05, 0) is 25.1 Å². The molecular weight excluding hydrogens is 236 g/mol. The fourth-order valence-corrected chi connectivity index (χ4v) is 3.48. The van der Waals surface area contributed by atoms with E-state index in [1.165, 1.54) is 10.2 Å². The zero-order valence-electron chi connectivity index (χ0n) is 8.40. The summed E-state index contributed by atoms with van der Waals surface area (Å²) in [5, 5.41) is 3.47. The highest BCUT2D eigenvalue weighted by Crippen LogP contribution is 2.27. The SMILES string of the molecule is CS(=O)(=O)n1c(Cl)ccc1C1CCNC1. The Kier molecular flexibility index (Phi) is 2.79. The first-order chi connectivity index (χ1) is 7.00. The van der Waals surface area contributed by atoms with E-state index < -0.39 is 10.0 Å². The van der Waals surface area contributed by atoms with Gasteiger partial charge in [0.05, 0.1) is 6.26 Å². The molecule has 1 fully saturated rings. The van der Waals surface area contributed by atoms with E-state index in [4.69, 9.17) is 11.6 Å². The van der Waals surface area contributed by atoms with Crippen molar-refractivity contribution < 1.29 is 8.42 Å². The Morgan fingerprint density at radius 3 is 2.80 bits per heavy atom. The van der Waals surface area contributed by atoms with Gasteiger partial charge in [0.2, 0.25) is 10.0 Å². The van der Waals surface area contributed by atoms with Crippen molar-refractivity contribution in [2.24, 2.45) is 0 Å². The molecule has 6 heteroatoms. The topological polar surface area (TPSA) is 51.1 Å². The fourth-order valence-electron chi connectivity index (χ4n) is 1.97. The predicted octanol–water partition coefficient (Wildman–Crippen LogP) is 1.03. The van der Waals surface area contributed by atoms with Crippen LogP contribution in [-0.2, 0) is 10.0 Å². The number of nitrogens with zero attached hydrogens (tertiary/aromatic N) is 1. The van der Waals surface area contributed by atoms with Crippen molar-refractivity contribution in [1.29, 1.82) is 0 Å². The molecule has 0 radical (unpaired) electrons. The number of rotatable bonds is 2. The zero-order valence-corrected chi connectivity index (χ0v) is 9.98. The van der Waals surface area contributed by atoms with Gasteiger partial charge in [0.25, 0.3) is 0 Å². The normalized spacial score (nSPS) is 22.1. The molecule has 1 N–H and O–H groups in total. The van der Waals surface area contributed by atoms with E-state index >= 15 is 0 Å². The minimum absolute atomic E-state index is 0.243. The molecule has 0 saturated carbocycles. The second-order valence-electron chi connectivity index (χ2n) is 3.80. The molecule has 2 heterocycles. The third-order valence-electron chi connectivity index (χ3n) is 2.63. The summed E-state index contributed by atoms with van der Waals surface area (Å²) in [5.74, 6) is 0.243. The molecule has 0 bridgehead atoms. The molecule has 1 aromatic heterocycles. The molecule has 1 unspecified atom stereocenters. The lowest BCUT2D eigenvalue weighted by atomic mass is 10.1. The van der Waals surface area contributed by atoms with Crippen LogP contribution in [0, 0.1) is 0 Å². The average molecular weight is 249 g/mol. The predicted molar refractivity (Wildman–Crippen MR) is 59.9 cm³/mol. The maximum absolute atomic E-state index is 11.6. The van der Waals surface area contributed by atoms with Gasteiger partial charge >= 0.3 is 0 Å². The van der Waals surface area contributed by atoms with Crippen molar-refractivity contribution in [3.05, 3.63) is 23.0 Å². The van der Waals surface area contributed by atoms with E-state index in [9.17, 15) is 8.42 Å². The molecule has 1 aliphatic heterocycles. The number of hydrogen-bond donors (Lipinski definition) is 1. The molecule has 0 amide bonds. The molecule has 2 rings (SSSR count). The first kappa shape index (κ1) is 11.0. The minimum atomic E-state index is -3.30. The standard InChI is InChI=1S/C9H13ClN2O2S/c1-15(13,14)12-8(2-3-9(12)10)7-4-5-11-6-7/h2-3,7,11H,4-6H2,1H3. The van der Waals surface area contributed by atoms with Gasteiger partial charge in [-0.3, -0.25) is 0 Å². The lowest BCUT2D eigenvalue weighted by Crippen LogP contribution is -2.17. The summed E-state index contributed by atoms with van der Waals surface area (Å²) in [6.07, 6.45) is 2.13. The Balaban J connectivity index is 2.48. The number of halogens is 1. The Morgan fingerprint density at radius 1 is 1.53 bits per heavy atom. The first-order valence-electron chi connectivity index (χ1n) is 4.78. The van der Waals surface area contributed by atoms with Crippen LogP contribution in [0.5, 0.6) is 0 Å². The molecule has 4 nitrogen and oxygen atoms in total. The van der Waals surface area contributed by atoms with E-state index in [1.54, 1.807) is 12.1 Å². The molecule has 1 atom stereocenters. The molecule has 1 aliphatic rings. The van der Waals surface area contributed by atoms with E-state index in [0.717, 1.165) is 25.2 Å². The smallest absolute Gasteiger partial charge is 0.237 e. The lowest BCUT2D eigenvalue weighted by Gasteiger charge is -2.12. The van der Waals surface area contributed by atoms with E-state index in [-0.39, 0.29) is 11.1 Å². The Morgan fingerprint density at radius 2 is 2.27 bits per heavy atom. The molecule has 0 aliphatic carbocycles. The van der Waals surface area contributed by atoms with Crippen LogP contribution in [0.4, 0.5) is 0 Å². The lowest BCUT2D eigenvalue weighted by molar-refractivity contribution is 0.587. The first-order valence-corrected chi connectivity index (χ1v) is 7.01. The van der Waals surface area contributed by atoms with E-state index in [2.05, 4.69) is 5.32 Å².